The molecule has 0 fully saturated rings. The zero-order valence-electron chi connectivity index (χ0n) is 8.49. The minimum atomic E-state index is -0.579. The molecule has 0 unspecified atom stereocenters. The fraction of sp³-hybridized carbons (Fsp3) is 0.333. The maximum Gasteiger partial charge on any atom is 0.338 e. The average molecular weight is 215 g/mol. The Kier molecular flexibility index (Phi) is 12.9. The second-order valence-corrected chi connectivity index (χ2v) is 3.50. The van der Waals surface area contributed by atoms with Gasteiger partial charge in [0.25, 0.3) is 0 Å². The second-order valence-electron chi connectivity index (χ2n) is 2.22. The van der Waals surface area contributed by atoms with Crippen LogP contribution in [0.2, 0.25) is 6.04 Å². The molecule has 0 saturated heterocycles. The van der Waals surface area contributed by atoms with E-state index in [9.17, 15) is 9.59 Å². The predicted octanol–water partition coefficient (Wildman–Crippen LogP) is 0.285. The zero-order valence-corrected chi connectivity index (χ0v) is 9.91. The van der Waals surface area contributed by atoms with Gasteiger partial charge in [-0.15, -0.1) is 13.2 Å². The first-order valence-electron chi connectivity index (χ1n) is 4.34. The molecule has 2 N–H and O–H groups in total. The van der Waals surface area contributed by atoms with Crippen LogP contribution >= 0.6 is 0 Å². The monoisotopic (exact) mass is 215 g/mol. The molecule has 0 amide bonds. The van der Waals surface area contributed by atoms with Crippen LogP contribution in [0.4, 0.5) is 0 Å². The molecular formula is C9H17NO3Si. The molecule has 0 aromatic rings. The third kappa shape index (κ3) is 10.8. The Morgan fingerprint density at radius 3 is 1.86 bits per heavy atom. The van der Waals surface area contributed by atoms with E-state index in [1.165, 1.54) is 12.5 Å². The third-order valence-electron chi connectivity index (χ3n) is 1.11. The molecule has 0 aromatic heterocycles. The van der Waals surface area contributed by atoms with E-state index in [2.05, 4.69) is 24.8 Å². The molecule has 0 spiro atoms. The number of cyclic esters (lactones) is 2. The molecular weight excluding hydrogens is 198 g/mol. The van der Waals surface area contributed by atoms with E-state index in [4.69, 9.17) is 5.40 Å². The zero-order chi connectivity index (χ0) is 11.4. The number of carbonyl (C=O) groups excluding carboxylic acids is 2. The number of hydrogen-bond donors (Lipinski definition) is 1. The van der Waals surface area contributed by atoms with Gasteiger partial charge >= 0.3 is 11.9 Å². The minimum absolute atomic E-state index is 0.0860. The lowest BCUT2D eigenvalue weighted by atomic mass is 10.6. The maximum atomic E-state index is 9.92. The molecule has 0 aromatic carbocycles. The second kappa shape index (κ2) is 11.8. The van der Waals surface area contributed by atoms with Crippen LogP contribution in [0.1, 0.15) is 13.3 Å². The SMILES string of the molecule is C=C.CCC[SiH2]N.O=C1C=CC(=O)O1. The Morgan fingerprint density at radius 1 is 1.36 bits per heavy atom. The number of hydrogen-bond acceptors (Lipinski definition) is 4. The van der Waals surface area contributed by atoms with Crippen molar-refractivity contribution < 1.29 is 14.3 Å². The van der Waals surface area contributed by atoms with Gasteiger partial charge in [0.2, 0.25) is 0 Å². The van der Waals surface area contributed by atoms with Crippen molar-refractivity contribution >= 4 is 21.6 Å². The van der Waals surface area contributed by atoms with Gasteiger partial charge in [-0.2, -0.15) is 0 Å². The van der Waals surface area contributed by atoms with Crippen LogP contribution in [0.15, 0.2) is 25.3 Å². The standard InChI is InChI=1S/C4H2O3.C3H11NSi.C2H4/c5-3-1-2-4(6)7-3;1-2-3-5-4;1-2/h1-2H;2-5H2,1H3;1-2H2. The van der Waals surface area contributed by atoms with Crippen molar-refractivity contribution in [2.24, 2.45) is 5.40 Å². The van der Waals surface area contributed by atoms with Gasteiger partial charge in [0.05, 0.1) is 9.68 Å². The normalized spacial score (nSPS) is 13.0. The molecule has 0 aliphatic carbocycles. The number of carbonyl (C=O) groups is 2. The molecule has 5 heteroatoms. The summed E-state index contributed by atoms with van der Waals surface area (Å²) >= 11 is 0. The van der Waals surface area contributed by atoms with Gasteiger partial charge in [0.15, 0.2) is 0 Å². The smallest absolute Gasteiger partial charge is 0.338 e. The van der Waals surface area contributed by atoms with Gasteiger partial charge in [0.1, 0.15) is 0 Å². The maximum absolute atomic E-state index is 9.92. The molecule has 0 atom stereocenters. The lowest BCUT2D eigenvalue weighted by molar-refractivity contribution is -0.150. The molecule has 80 valence electrons. The fourth-order valence-electron chi connectivity index (χ4n) is 0.507. The highest BCUT2D eigenvalue weighted by atomic mass is 28.2. The van der Waals surface area contributed by atoms with Gasteiger partial charge in [-0.1, -0.05) is 19.4 Å². The lowest BCUT2D eigenvalue weighted by Crippen LogP contribution is -2.01. The first-order valence-corrected chi connectivity index (χ1v) is 6.16. The van der Waals surface area contributed by atoms with E-state index in [-0.39, 0.29) is 9.68 Å². The number of rotatable bonds is 2. The lowest BCUT2D eigenvalue weighted by Gasteiger charge is -1.80. The fourth-order valence-corrected chi connectivity index (χ4v) is 0.916. The van der Waals surface area contributed by atoms with Crippen LogP contribution in [-0.2, 0) is 14.3 Å². The van der Waals surface area contributed by atoms with Gasteiger partial charge < -0.3 is 10.1 Å². The van der Waals surface area contributed by atoms with E-state index >= 15 is 0 Å². The van der Waals surface area contributed by atoms with Crippen LogP contribution in [0.5, 0.6) is 0 Å². The van der Waals surface area contributed by atoms with E-state index < -0.39 is 11.9 Å². The molecule has 0 saturated carbocycles. The van der Waals surface area contributed by atoms with Crippen LogP contribution in [0.3, 0.4) is 0 Å². The van der Waals surface area contributed by atoms with Crippen LogP contribution in [0.25, 0.3) is 0 Å². The van der Waals surface area contributed by atoms with Crippen molar-refractivity contribution in [3.63, 3.8) is 0 Å². The summed E-state index contributed by atoms with van der Waals surface area (Å²) in [5, 5.41) is 5.28. The predicted molar refractivity (Wildman–Crippen MR) is 59.3 cm³/mol. The van der Waals surface area contributed by atoms with E-state index in [1.54, 1.807) is 0 Å². The Labute approximate surface area is 86.7 Å². The third-order valence-corrected chi connectivity index (χ3v) is 2.23. The van der Waals surface area contributed by atoms with Crippen molar-refractivity contribution in [3.05, 3.63) is 25.3 Å². The first kappa shape index (κ1) is 15.3. The van der Waals surface area contributed by atoms with Crippen molar-refractivity contribution in [1.29, 1.82) is 0 Å². The number of nitrogens with two attached hydrogens (primary N) is 1. The Hall–Kier alpha value is -1.20. The molecule has 0 radical (unpaired) electrons. The summed E-state index contributed by atoms with van der Waals surface area (Å²) < 4.78 is 3.97. The van der Waals surface area contributed by atoms with Gasteiger partial charge in [-0.05, 0) is 0 Å². The highest BCUT2D eigenvalue weighted by Gasteiger charge is 2.10. The summed E-state index contributed by atoms with van der Waals surface area (Å²) in [6, 6.07) is 1.31. The van der Waals surface area contributed by atoms with Crippen molar-refractivity contribution in [1.82, 2.24) is 0 Å². The van der Waals surface area contributed by atoms with Crippen molar-refractivity contribution in [2.75, 3.05) is 0 Å². The summed E-state index contributed by atoms with van der Waals surface area (Å²) in [6.07, 6.45) is 3.45. The number of esters is 2. The molecule has 1 aliphatic rings. The average Bonchev–Trinajstić information content (AvgIpc) is 2.56. The van der Waals surface area contributed by atoms with Gasteiger partial charge in [-0.3, -0.25) is 0 Å². The summed E-state index contributed by atoms with van der Waals surface area (Å²) in [7, 11) is -0.0860. The van der Waals surface area contributed by atoms with Crippen LogP contribution in [-0.4, -0.2) is 21.6 Å². The molecule has 0 bridgehead atoms. The Morgan fingerprint density at radius 2 is 1.79 bits per heavy atom. The summed E-state index contributed by atoms with van der Waals surface area (Å²) in [6.45, 7) is 8.17. The molecule has 4 nitrogen and oxygen atoms in total. The summed E-state index contributed by atoms with van der Waals surface area (Å²) in [4.78, 5) is 19.8. The molecule has 14 heavy (non-hydrogen) atoms. The molecule has 1 aliphatic heterocycles. The first-order chi connectivity index (χ1) is 6.70. The van der Waals surface area contributed by atoms with E-state index in [1.807, 2.05) is 0 Å². The van der Waals surface area contributed by atoms with Gasteiger partial charge in [0, 0.05) is 12.2 Å². The van der Waals surface area contributed by atoms with Gasteiger partial charge in [-0.25, -0.2) is 9.59 Å². The highest BCUT2D eigenvalue weighted by Crippen LogP contribution is 1.92. The molecule has 1 heterocycles. The number of ether oxygens (including phenoxy) is 1. The van der Waals surface area contributed by atoms with Crippen LogP contribution < -0.4 is 5.40 Å². The largest absolute Gasteiger partial charge is 0.387 e. The topological polar surface area (TPSA) is 69.4 Å². The molecule has 1 rings (SSSR count). The van der Waals surface area contributed by atoms with Crippen LogP contribution in [0, 0.1) is 0 Å². The van der Waals surface area contributed by atoms with E-state index in [0.717, 1.165) is 12.2 Å². The Bertz CT molecular complexity index is 186. The quantitative estimate of drug-likeness (QED) is 0.311. The minimum Gasteiger partial charge on any atom is -0.387 e. The summed E-state index contributed by atoms with van der Waals surface area (Å²) in [5.74, 6) is -1.16. The van der Waals surface area contributed by atoms with Crippen molar-refractivity contribution in [3.8, 4) is 0 Å². The van der Waals surface area contributed by atoms with E-state index in [0.29, 0.717) is 0 Å². The summed E-state index contributed by atoms with van der Waals surface area (Å²) in [5.41, 5.74) is 0. The Balaban J connectivity index is 0. The highest BCUT2D eigenvalue weighted by molar-refractivity contribution is 6.30. The van der Waals surface area contributed by atoms with Crippen molar-refractivity contribution in [2.45, 2.75) is 19.4 Å².